The van der Waals surface area contributed by atoms with Crippen molar-refractivity contribution in [3.63, 3.8) is 0 Å². The molecule has 348 valence electrons. The highest BCUT2D eigenvalue weighted by molar-refractivity contribution is 5.70. The first-order valence-electron chi connectivity index (χ1n) is 24.2. The lowest BCUT2D eigenvalue weighted by Gasteiger charge is -2.34. The molecule has 2 atom stereocenters. The molecule has 2 unspecified atom stereocenters. The van der Waals surface area contributed by atoms with Gasteiger partial charge in [-0.15, -0.1) is 0 Å². The number of rotatable bonds is 42. The number of hydrogen-bond acceptors (Lipinski definition) is 7. The molecule has 0 aromatic heterocycles. The van der Waals surface area contributed by atoms with E-state index in [1.54, 1.807) is 21.1 Å². The molecular formula is C53H89NO7. The number of likely N-dealkylation sites (N-methyl/N-ethyl adjacent to an activating group) is 1. The van der Waals surface area contributed by atoms with Crippen molar-refractivity contribution in [3.8, 4) is 0 Å². The Kier molecular flexibility index (Phi) is 40.7. The van der Waals surface area contributed by atoms with Gasteiger partial charge in [0.15, 0.2) is 6.10 Å². The fourth-order valence-corrected chi connectivity index (χ4v) is 6.62. The molecule has 8 nitrogen and oxygen atoms in total. The molecule has 0 saturated carbocycles. The molecule has 0 spiro atoms. The van der Waals surface area contributed by atoms with Crippen LogP contribution < -0.4 is 5.11 Å². The molecule has 0 N–H and O–H groups in total. The summed E-state index contributed by atoms with van der Waals surface area (Å²) >= 11 is 0. The van der Waals surface area contributed by atoms with E-state index in [0.717, 1.165) is 70.6 Å². The Balaban J connectivity index is 4.36. The molecule has 0 aliphatic rings. The minimum atomic E-state index is -1.13. The number of carboxylic acid groups (broad SMARTS) is 1. The van der Waals surface area contributed by atoms with Crippen molar-refractivity contribution >= 4 is 17.9 Å². The number of carbonyl (C=O) groups excluding carboxylic acids is 3. The van der Waals surface area contributed by atoms with Crippen molar-refractivity contribution in [1.29, 1.82) is 0 Å². The summed E-state index contributed by atoms with van der Waals surface area (Å²) in [7, 11) is 5.39. The maximum atomic E-state index is 12.8. The van der Waals surface area contributed by atoms with E-state index in [4.69, 9.17) is 14.2 Å². The quantitative estimate of drug-likeness (QED) is 0.0261. The van der Waals surface area contributed by atoms with E-state index >= 15 is 0 Å². The van der Waals surface area contributed by atoms with Crippen molar-refractivity contribution in [1.82, 2.24) is 0 Å². The summed E-state index contributed by atoms with van der Waals surface area (Å²) in [5.74, 6) is -1.78. The summed E-state index contributed by atoms with van der Waals surface area (Å²) in [4.78, 5) is 37.0. The summed E-state index contributed by atoms with van der Waals surface area (Å²) < 4.78 is 17.2. The zero-order chi connectivity index (χ0) is 44.9. The molecule has 0 fully saturated rings. The zero-order valence-corrected chi connectivity index (χ0v) is 39.5. The number of allylic oxidation sites excluding steroid dienone is 14. The number of unbranched alkanes of at least 4 members (excludes halogenated alkanes) is 19. The molecule has 0 bridgehead atoms. The van der Waals surface area contributed by atoms with Gasteiger partial charge in [0.2, 0.25) is 0 Å². The van der Waals surface area contributed by atoms with Gasteiger partial charge < -0.3 is 28.6 Å². The molecule has 0 saturated heterocycles. The number of esters is 2. The topological polar surface area (TPSA) is 102 Å². The first kappa shape index (κ1) is 57.5. The molecule has 0 aliphatic carbocycles. The van der Waals surface area contributed by atoms with Crippen molar-refractivity contribution in [2.45, 2.75) is 193 Å². The van der Waals surface area contributed by atoms with Crippen LogP contribution in [0.15, 0.2) is 85.1 Å². The summed E-state index contributed by atoms with van der Waals surface area (Å²) in [5.41, 5.74) is 0. The Morgan fingerprint density at radius 3 is 1.36 bits per heavy atom. The van der Waals surface area contributed by atoms with Crippen LogP contribution in [-0.2, 0) is 28.6 Å². The van der Waals surface area contributed by atoms with Gasteiger partial charge in [-0.1, -0.05) is 189 Å². The lowest BCUT2D eigenvalue weighted by atomic mass is 10.1. The van der Waals surface area contributed by atoms with Gasteiger partial charge in [0.25, 0.3) is 0 Å². The van der Waals surface area contributed by atoms with E-state index in [1.807, 2.05) is 36.5 Å². The molecule has 61 heavy (non-hydrogen) atoms. The highest BCUT2D eigenvalue weighted by Crippen LogP contribution is 2.14. The van der Waals surface area contributed by atoms with E-state index in [1.165, 1.54) is 77.0 Å². The monoisotopic (exact) mass is 852 g/mol. The first-order chi connectivity index (χ1) is 29.6. The van der Waals surface area contributed by atoms with E-state index in [2.05, 4.69) is 62.5 Å². The first-order valence-corrected chi connectivity index (χ1v) is 24.2. The normalized spacial score (nSPS) is 13.7. The predicted molar refractivity (Wildman–Crippen MR) is 254 cm³/mol. The Hall–Kier alpha value is -3.49. The van der Waals surface area contributed by atoms with Crippen molar-refractivity contribution in [2.24, 2.45) is 0 Å². The molecule has 0 aromatic carbocycles. The third kappa shape index (κ3) is 41.6. The van der Waals surface area contributed by atoms with Crippen LogP contribution in [0.5, 0.6) is 0 Å². The van der Waals surface area contributed by atoms with Gasteiger partial charge >= 0.3 is 11.9 Å². The van der Waals surface area contributed by atoms with Gasteiger partial charge in [-0.25, -0.2) is 0 Å². The number of hydrogen-bond donors (Lipinski definition) is 0. The number of carboxylic acids is 1. The Bertz CT molecular complexity index is 1270. The van der Waals surface area contributed by atoms with E-state index in [0.29, 0.717) is 12.8 Å². The fourth-order valence-electron chi connectivity index (χ4n) is 6.62. The largest absolute Gasteiger partial charge is 0.544 e. The van der Waals surface area contributed by atoms with Crippen molar-refractivity contribution in [2.75, 3.05) is 41.0 Å². The number of carbonyl (C=O) groups is 3. The van der Waals surface area contributed by atoms with Crippen LogP contribution >= 0.6 is 0 Å². The smallest absolute Gasteiger partial charge is 0.306 e. The van der Waals surface area contributed by atoms with E-state index in [9.17, 15) is 19.5 Å². The standard InChI is InChI=1S/C53H89NO7/c1-6-8-10-12-14-16-18-20-22-24-26-28-30-32-34-36-38-40-42-44-52(56)61-49(47-59-46-45-50(53(57)58)54(3,4)5)48-60-51(55)43-41-39-37-35-33-31-29-27-25-23-21-19-17-15-13-11-9-7-2/h11,13-21,23,25,27,29,49-50H,6-10,12,22,24,26,28,30-48H2,1-5H3/b13-11+,16-14+,17-15+,20-18+,21-19+,25-23+,29-27+. The summed E-state index contributed by atoms with van der Waals surface area (Å²) in [6, 6.07) is -0.735. The Morgan fingerprint density at radius 2 is 0.902 bits per heavy atom. The molecule has 0 rings (SSSR count). The van der Waals surface area contributed by atoms with E-state index < -0.39 is 18.1 Å². The maximum Gasteiger partial charge on any atom is 0.306 e. The van der Waals surface area contributed by atoms with Crippen molar-refractivity contribution in [3.05, 3.63) is 85.1 Å². The average molecular weight is 852 g/mol. The number of nitrogens with zero attached hydrogens (tertiary/aromatic N) is 1. The highest BCUT2D eigenvalue weighted by atomic mass is 16.6. The van der Waals surface area contributed by atoms with Crippen LogP contribution in [0.2, 0.25) is 0 Å². The second-order valence-corrected chi connectivity index (χ2v) is 17.1. The highest BCUT2D eigenvalue weighted by Gasteiger charge is 2.25. The van der Waals surface area contributed by atoms with Crippen molar-refractivity contribution < 1.29 is 38.2 Å². The minimum Gasteiger partial charge on any atom is -0.544 e. The molecule has 0 aliphatic heterocycles. The summed E-state index contributed by atoms with van der Waals surface area (Å²) in [5, 5.41) is 11.7. The SMILES string of the molecule is CCC/C=C/C=C/C=C/C=C/C=C/CCCCCCCC(=O)OCC(COCCC(C(=O)[O-])[N+](C)(C)C)OC(=O)CCCCCCCCCCCC/C=C/C=C/CCCCC. The second-order valence-electron chi connectivity index (χ2n) is 17.1. The lowest BCUT2D eigenvalue weighted by molar-refractivity contribution is -0.889. The minimum absolute atomic E-state index is 0.0262. The lowest BCUT2D eigenvalue weighted by Crippen LogP contribution is -2.55. The third-order valence-corrected chi connectivity index (χ3v) is 10.4. The average Bonchev–Trinajstić information content (AvgIpc) is 3.22. The molecular weight excluding hydrogens is 763 g/mol. The summed E-state index contributed by atoms with van der Waals surface area (Å²) in [6.07, 6.45) is 56.0. The predicted octanol–water partition coefficient (Wildman–Crippen LogP) is 12.4. The van der Waals surface area contributed by atoms with Crippen LogP contribution in [0.25, 0.3) is 0 Å². The zero-order valence-electron chi connectivity index (χ0n) is 39.5. The molecule has 8 heteroatoms. The summed E-state index contributed by atoms with van der Waals surface area (Å²) in [6.45, 7) is 4.51. The van der Waals surface area contributed by atoms with Crippen LogP contribution in [0.1, 0.15) is 181 Å². The Labute approximate surface area is 373 Å². The van der Waals surface area contributed by atoms with Gasteiger partial charge in [-0.2, -0.15) is 0 Å². The van der Waals surface area contributed by atoms with Gasteiger partial charge in [0, 0.05) is 19.3 Å². The number of aliphatic carboxylic acids is 1. The van der Waals surface area contributed by atoms with Crippen LogP contribution in [0.4, 0.5) is 0 Å². The second kappa shape index (κ2) is 43.2. The van der Waals surface area contributed by atoms with Gasteiger partial charge in [-0.3, -0.25) is 9.59 Å². The van der Waals surface area contributed by atoms with E-state index in [-0.39, 0.29) is 42.7 Å². The molecule has 0 radical (unpaired) electrons. The Morgan fingerprint density at radius 1 is 0.492 bits per heavy atom. The maximum absolute atomic E-state index is 12.8. The van der Waals surface area contributed by atoms with Crippen LogP contribution in [-0.4, -0.2) is 75.5 Å². The van der Waals surface area contributed by atoms with Gasteiger partial charge in [-0.05, 0) is 57.8 Å². The van der Waals surface area contributed by atoms with Gasteiger partial charge in [0.05, 0.1) is 40.3 Å². The third-order valence-electron chi connectivity index (χ3n) is 10.4. The number of ether oxygens (including phenoxy) is 3. The molecule has 0 amide bonds. The molecule has 0 heterocycles. The molecule has 0 aromatic rings. The fraction of sp³-hybridized carbons (Fsp3) is 0.679. The van der Waals surface area contributed by atoms with Gasteiger partial charge in [0.1, 0.15) is 12.6 Å². The number of quaternary nitrogens is 1. The van der Waals surface area contributed by atoms with Crippen LogP contribution in [0.3, 0.4) is 0 Å². The van der Waals surface area contributed by atoms with Crippen LogP contribution in [0, 0.1) is 0 Å².